The van der Waals surface area contributed by atoms with Gasteiger partial charge in [-0.3, -0.25) is 4.79 Å². The quantitative estimate of drug-likeness (QED) is 0.407. The summed E-state index contributed by atoms with van der Waals surface area (Å²) in [5.74, 6) is 0.222. The van der Waals surface area contributed by atoms with Crippen LogP contribution >= 0.6 is 23.2 Å². The summed E-state index contributed by atoms with van der Waals surface area (Å²) < 4.78 is 10.3. The predicted molar refractivity (Wildman–Crippen MR) is 93.1 cm³/mol. The molecule has 124 valence electrons. The number of carbonyl (C=O) groups is 2. The van der Waals surface area contributed by atoms with Gasteiger partial charge < -0.3 is 9.47 Å². The number of ether oxygens (including phenoxy) is 2. The van der Waals surface area contributed by atoms with Gasteiger partial charge in [-0.25, -0.2) is 4.79 Å². The van der Waals surface area contributed by atoms with E-state index < -0.39 is 5.97 Å². The molecule has 0 aliphatic heterocycles. The normalized spacial score (nSPS) is 10.6. The maximum absolute atomic E-state index is 11.9. The second-order valence-corrected chi connectivity index (χ2v) is 5.47. The van der Waals surface area contributed by atoms with Gasteiger partial charge in [-0.2, -0.15) is 0 Å². The molecule has 0 amide bonds. The Kier molecular flexibility index (Phi) is 6.41. The van der Waals surface area contributed by atoms with Crippen molar-refractivity contribution in [3.63, 3.8) is 0 Å². The Morgan fingerprint density at radius 3 is 2.25 bits per heavy atom. The van der Waals surface area contributed by atoms with Crippen LogP contribution in [0.1, 0.15) is 17.3 Å². The number of carbonyl (C=O) groups excluding carboxylic acids is 2. The third-order valence-electron chi connectivity index (χ3n) is 2.92. The number of ketones is 1. The summed E-state index contributed by atoms with van der Waals surface area (Å²) in [4.78, 5) is 23.1. The first-order valence-electron chi connectivity index (χ1n) is 7.11. The van der Waals surface area contributed by atoms with E-state index in [0.717, 1.165) is 6.08 Å². The lowest BCUT2D eigenvalue weighted by Gasteiger charge is -2.07. The topological polar surface area (TPSA) is 52.6 Å². The lowest BCUT2D eigenvalue weighted by Crippen LogP contribution is -2.01. The molecule has 2 aromatic rings. The molecule has 0 aromatic heterocycles. The van der Waals surface area contributed by atoms with E-state index in [-0.39, 0.29) is 12.4 Å². The van der Waals surface area contributed by atoms with Gasteiger partial charge in [0.05, 0.1) is 16.7 Å². The number of hydrogen-bond donors (Lipinski definition) is 0. The van der Waals surface area contributed by atoms with E-state index in [1.165, 1.54) is 6.08 Å². The zero-order valence-electron chi connectivity index (χ0n) is 12.8. The van der Waals surface area contributed by atoms with Crippen molar-refractivity contribution in [1.82, 2.24) is 0 Å². The summed E-state index contributed by atoms with van der Waals surface area (Å²) >= 11 is 11.8. The van der Waals surface area contributed by atoms with Crippen LogP contribution in [0.5, 0.6) is 11.5 Å². The molecular formula is C18H14Cl2O4. The minimum Gasteiger partial charge on any atom is -0.463 e. The fourth-order valence-corrected chi connectivity index (χ4v) is 2.08. The van der Waals surface area contributed by atoms with Crippen LogP contribution < -0.4 is 4.74 Å². The molecule has 24 heavy (non-hydrogen) atoms. The summed E-state index contributed by atoms with van der Waals surface area (Å²) in [7, 11) is 0. The average molecular weight is 365 g/mol. The average Bonchev–Trinajstić information content (AvgIpc) is 2.57. The Morgan fingerprint density at radius 2 is 1.62 bits per heavy atom. The first-order valence-corrected chi connectivity index (χ1v) is 7.87. The van der Waals surface area contributed by atoms with Crippen LogP contribution in [0.15, 0.2) is 54.6 Å². The van der Waals surface area contributed by atoms with Gasteiger partial charge >= 0.3 is 5.97 Å². The lowest BCUT2D eigenvalue weighted by molar-refractivity contribution is -0.137. The molecular weight excluding hydrogens is 351 g/mol. The largest absolute Gasteiger partial charge is 0.463 e. The minimum absolute atomic E-state index is 0.262. The van der Waals surface area contributed by atoms with Gasteiger partial charge in [0.25, 0.3) is 0 Å². The van der Waals surface area contributed by atoms with Gasteiger partial charge in [0.1, 0.15) is 11.5 Å². The number of rotatable bonds is 6. The predicted octanol–water partition coefficient (Wildman–Crippen LogP) is 5.09. The molecule has 0 unspecified atom stereocenters. The van der Waals surface area contributed by atoms with Gasteiger partial charge in [0, 0.05) is 17.7 Å². The Hall–Kier alpha value is -2.30. The third kappa shape index (κ3) is 5.11. The van der Waals surface area contributed by atoms with Crippen LogP contribution in [0.25, 0.3) is 0 Å². The van der Waals surface area contributed by atoms with E-state index in [1.807, 2.05) is 0 Å². The lowest BCUT2D eigenvalue weighted by atomic mass is 10.1. The Morgan fingerprint density at radius 1 is 0.958 bits per heavy atom. The SMILES string of the molecule is CCOC(=O)/C=C/C(=O)c1ccc(Oc2ccc(Cl)c(Cl)c2)cc1. The molecule has 0 saturated heterocycles. The number of benzene rings is 2. The highest BCUT2D eigenvalue weighted by molar-refractivity contribution is 6.42. The summed E-state index contributed by atoms with van der Waals surface area (Å²) in [6.45, 7) is 1.96. The van der Waals surface area contributed by atoms with Crippen molar-refractivity contribution in [2.24, 2.45) is 0 Å². The second-order valence-electron chi connectivity index (χ2n) is 4.65. The highest BCUT2D eigenvalue weighted by Gasteiger charge is 2.05. The van der Waals surface area contributed by atoms with Crippen molar-refractivity contribution in [2.45, 2.75) is 6.92 Å². The first-order chi connectivity index (χ1) is 11.5. The van der Waals surface area contributed by atoms with E-state index in [0.29, 0.717) is 27.1 Å². The summed E-state index contributed by atoms with van der Waals surface area (Å²) in [5, 5.41) is 0.836. The van der Waals surface area contributed by atoms with Crippen molar-refractivity contribution in [2.75, 3.05) is 6.61 Å². The number of allylic oxidation sites excluding steroid dienone is 1. The molecule has 0 aliphatic rings. The van der Waals surface area contributed by atoms with Crippen molar-refractivity contribution in [1.29, 1.82) is 0 Å². The minimum atomic E-state index is -0.551. The number of hydrogen-bond acceptors (Lipinski definition) is 4. The smallest absolute Gasteiger partial charge is 0.330 e. The molecule has 0 atom stereocenters. The highest BCUT2D eigenvalue weighted by Crippen LogP contribution is 2.29. The second kappa shape index (κ2) is 8.52. The Balaban J connectivity index is 2.03. The number of halogens is 2. The maximum Gasteiger partial charge on any atom is 0.330 e. The van der Waals surface area contributed by atoms with Crippen LogP contribution in [0.2, 0.25) is 10.0 Å². The van der Waals surface area contributed by atoms with Crippen molar-refractivity contribution in [3.05, 3.63) is 70.2 Å². The maximum atomic E-state index is 11.9. The number of esters is 1. The van der Waals surface area contributed by atoms with Gasteiger partial charge in [-0.15, -0.1) is 0 Å². The Bertz CT molecular complexity index is 767. The van der Waals surface area contributed by atoms with Crippen LogP contribution in [0, 0.1) is 0 Å². The van der Waals surface area contributed by atoms with Gasteiger partial charge in [-0.1, -0.05) is 23.2 Å². The van der Waals surface area contributed by atoms with Crippen LogP contribution in [-0.4, -0.2) is 18.4 Å². The van der Waals surface area contributed by atoms with Gasteiger partial charge in [0.2, 0.25) is 0 Å². The molecule has 0 bridgehead atoms. The van der Waals surface area contributed by atoms with Crippen molar-refractivity contribution < 1.29 is 19.1 Å². The fourth-order valence-electron chi connectivity index (χ4n) is 1.79. The van der Waals surface area contributed by atoms with Crippen LogP contribution in [-0.2, 0) is 9.53 Å². The molecule has 0 heterocycles. The molecule has 6 heteroatoms. The summed E-state index contributed by atoms with van der Waals surface area (Å²) in [6, 6.07) is 11.4. The molecule has 2 rings (SSSR count). The molecule has 0 N–H and O–H groups in total. The Labute approximate surface area is 149 Å². The van der Waals surface area contributed by atoms with E-state index in [1.54, 1.807) is 49.4 Å². The molecule has 4 nitrogen and oxygen atoms in total. The summed E-state index contributed by atoms with van der Waals surface area (Å²) in [6.07, 6.45) is 2.28. The monoisotopic (exact) mass is 364 g/mol. The summed E-state index contributed by atoms with van der Waals surface area (Å²) in [5.41, 5.74) is 0.428. The third-order valence-corrected chi connectivity index (χ3v) is 3.66. The van der Waals surface area contributed by atoms with E-state index >= 15 is 0 Å². The van der Waals surface area contributed by atoms with E-state index in [9.17, 15) is 9.59 Å². The molecule has 0 fully saturated rings. The van der Waals surface area contributed by atoms with Gasteiger partial charge in [-0.05, 0) is 49.4 Å². The fraction of sp³-hybridized carbons (Fsp3) is 0.111. The zero-order chi connectivity index (χ0) is 17.5. The molecule has 0 saturated carbocycles. The van der Waals surface area contributed by atoms with Crippen molar-refractivity contribution in [3.8, 4) is 11.5 Å². The standard InChI is InChI=1S/C18H14Cl2O4/c1-2-23-18(22)10-9-17(21)12-3-5-13(6-4-12)24-14-7-8-15(19)16(20)11-14/h3-11H,2H2,1H3/b10-9+. The first kappa shape index (κ1) is 18.0. The molecule has 0 spiro atoms. The van der Waals surface area contributed by atoms with Crippen LogP contribution in [0.3, 0.4) is 0 Å². The van der Waals surface area contributed by atoms with Crippen LogP contribution in [0.4, 0.5) is 0 Å². The molecule has 2 aromatic carbocycles. The van der Waals surface area contributed by atoms with E-state index in [2.05, 4.69) is 0 Å². The van der Waals surface area contributed by atoms with Crippen molar-refractivity contribution >= 4 is 35.0 Å². The molecule has 0 radical (unpaired) electrons. The molecule has 0 aliphatic carbocycles. The van der Waals surface area contributed by atoms with Gasteiger partial charge in [0.15, 0.2) is 5.78 Å². The van der Waals surface area contributed by atoms with E-state index in [4.69, 9.17) is 32.7 Å². The zero-order valence-corrected chi connectivity index (χ0v) is 14.3. The highest BCUT2D eigenvalue weighted by atomic mass is 35.5.